The minimum atomic E-state index is -0.889. The second-order valence-electron chi connectivity index (χ2n) is 7.86. The maximum Gasteiger partial charge on any atom is 0.308 e. The second-order valence-corrected chi connectivity index (χ2v) is 8.70. The molecule has 166 valence electrons. The lowest BCUT2D eigenvalue weighted by Crippen LogP contribution is -2.21. The molecule has 33 heavy (non-hydrogen) atoms. The lowest BCUT2D eigenvalue weighted by Gasteiger charge is -2.18. The molecule has 0 aliphatic heterocycles. The first-order valence-electron chi connectivity index (χ1n) is 10.2. The van der Waals surface area contributed by atoms with Crippen LogP contribution in [0.2, 0.25) is 10.0 Å². The molecule has 0 amide bonds. The van der Waals surface area contributed by atoms with E-state index < -0.39 is 11.9 Å². The lowest BCUT2D eigenvalue weighted by atomic mass is 10.0. The second kappa shape index (κ2) is 8.13. The Morgan fingerprint density at radius 1 is 1.09 bits per heavy atom. The summed E-state index contributed by atoms with van der Waals surface area (Å²) >= 11 is 12.6. The molecule has 0 saturated heterocycles. The van der Waals surface area contributed by atoms with Crippen molar-refractivity contribution in [1.29, 1.82) is 0 Å². The summed E-state index contributed by atoms with van der Waals surface area (Å²) in [4.78, 5) is 32.6. The fraction of sp³-hybridized carbons (Fsp3) is 0.174. The molecule has 0 aliphatic carbocycles. The smallest absolute Gasteiger partial charge is 0.308 e. The van der Waals surface area contributed by atoms with E-state index >= 15 is 0 Å². The van der Waals surface area contributed by atoms with E-state index in [9.17, 15) is 9.90 Å². The van der Waals surface area contributed by atoms with E-state index in [1.165, 1.54) is 0 Å². The summed E-state index contributed by atoms with van der Waals surface area (Å²) in [5.74, 6) is -1.06. The van der Waals surface area contributed by atoms with E-state index in [-0.39, 0.29) is 6.04 Å². The highest BCUT2D eigenvalue weighted by Gasteiger charge is 2.25. The molecule has 8 nitrogen and oxygen atoms in total. The number of nitrogens with zero attached hydrogens (tertiary/aromatic N) is 5. The van der Waals surface area contributed by atoms with Gasteiger partial charge in [-0.2, -0.15) is 0 Å². The van der Waals surface area contributed by atoms with Gasteiger partial charge in [0.1, 0.15) is 11.3 Å². The fourth-order valence-corrected chi connectivity index (χ4v) is 4.27. The van der Waals surface area contributed by atoms with E-state index in [0.29, 0.717) is 27.2 Å². The molecule has 0 aliphatic rings. The Morgan fingerprint density at radius 3 is 2.67 bits per heavy atom. The number of carboxylic acids is 1. The third-order valence-corrected chi connectivity index (χ3v) is 6.43. The first-order valence-corrected chi connectivity index (χ1v) is 10.9. The summed E-state index contributed by atoms with van der Waals surface area (Å²) in [6.45, 7) is 3.53. The van der Waals surface area contributed by atoms with Gasteiger partial charge in [-0.05, 0) is 26.0 Å². The summed E-state index contributed by atoms with van der Waals surface area (Å²) in [5.41, 5.74) is 3.59. The van der Waals surface area contributed by atoms with E-state index in [1.807, 2.05) is 23.8 Å². The monoisotopic (exact) mass is 480 g/mol. The van der Waals surface area contributed by atoms with E-state index in [1.54, 1.807) is 44.0 Å². The molecule has 5 rings (SSSR count). The van der Waals surface area contributed by atoms with Gasteiger partial charge in [0.2, 0.25) is 0 Å². The molecule has 0 aromatic carbocycles. The summed E-state index contributed by atoms with van der Waals surface area (Å²) in [5, 5.41) is 12.1. The third-order valence-electron chi connectivity index (χ3n) is 5.92. The van der Waals surface area contributed by atoms with Crippen molar-refractivity contribution in [3.8, 4) is 22.5 Å². The molecule has 5 heterocycles. The van der Waals surface area contributed by atoms with Gasteiger partial charge < -0.3 is 14.7 Å². The minimum absolute atomic E-state index is 0.374. The maximum absolute atomic E-state index is 11.7. The Balaban J connectivity index is 1.76. The average molecular weight is 481 g/mol. The van der Waals surface area contributed by atoms with Crippen molar-refractivity contribution < 1.29 is 9.90 Å². The highest BCUT2D eigenvalue weighted by molar-refractivity contribution is 6.33. The number of nitrogens with one attached hydrogen (secondary N) is 1. The van der Waals surface area contributed by atoms with Gasteiger partial charge in [-0.1, -0.05) is 23.2 Å². The highest BCUT2D eigenvalue weighted by atomic mass is 35.5. The average Bonchev–Trinajstić information content (AvgIpc) is 3.39. The number of hydrogen-bond acceptors (Lipinski definition) is 5. The molecule has 0 fully saturated rings. The predicted octanol–water partition coefficient (Wildman–Crippen LogP) is 5.63. The van der Waals surface area contributed by atoms with E-state index in [0.717, 1.165) is 27.5 Å². The molecule has 0 spiro atoms. The van der Waals surface area contributed by atoms with Crippen LogP contribution in [0.3, 0.4) is 0 Å². The van der Waals surface area contributed by atoms with Gasteiger partial charge in [-0.3, -0.25) is 9.78 Å². The number of hydrogen-bond donors (Lipinski definition) is 2. The summed E-state index contributed by atoms with van der Waals surface area (Å²) < 4.78 is 1.87. The van der Waals surface area contributed by atoms with Crippen molar-refractivity contribution in [2.75, 3.05) is 0 Å². The normalized spacial score (nSPS) is 13.5. The zero-order valence-corrected chi connectivity index (χ0v) is 19.1. The molecular formula is C23H18Cl2N6O2. The van der Waals surface area contributed by atoms with Gasteiger partial charge >= 0.3 is 5.97 Å². The SMILES string of the molecule is C[C@H](C(=O)O)[C@H](C)n1cc(-c2ccncc2Cl)c2cnc(-c3c[nH]c4ncc(Cl)cc34)nc21. The molecule has 0 saturated carbocycles. The van der Waals surface area contributed by atoms with Crippen LogP contribution in [-0.4, -0.2) is 40.6 Å². The molecule has 0 radical (unpaired) electrons. The number of carbonyl (C=O) groups is 1. The van der Waals surface area contributed by atoms with Gasteiger partial charge in [0.05, 0.1) is 16.0 Å². The number of rotatable bonds is 5. The zero-order valence-electron chi connectivity index (χ0n) is 17.6. The number of carboxylic acid groups (broad SMARTS) is 1. The number of halogens is 2. The van der Waals surface area contributed by atoms with Crippen molar-refractivity contribution in [2.24, 2.45) is 5.92 Å². The van der Waals surface area contributed by atoms with Crippen LogP contribution < -0.4 is 0 Å². The fourth-order valence-electron chi connectivity index (χ4n) is 3.89. The predicted molar refractivity (Wildman–Crippen MR) is 127 cm³/mol. The first-order chi connectivity index (χ1) is 15.8. The standard InChI is InChI=1S/C23H18Cl2N6O2/c1-11(23(32)33)12(2)31-10-18(14-3-4-26-9-19(14)25)17-8-29-21(30-22(17)31)16-7-28-20-15(16)5-13(24)6-27-20/h3-12H,1-2H3,(H,27,28)(H,32,33)/t11-,12-/m0/s1. The number of pyridine rings is 2. The van der Waals surface area contributed by atoms with Crippen LogP contribution in [0, 0.1) is 5.92 Å². The van der Waals surface area contributed by atoms with Crippen LogP contribution in [0.4, 0.5) is 0 Å². The third kappa shape index (κ3) is 3.61. The van der Waals surface area contributed by atoms with Crippen LogP contribution in [0.1, 0.15) is 19.9 Å². The molecule has 2 N–H and O–H groups in total. The van der Waals surface area contributed by atoms with Crippen LogP contribution in [0.25, 0.3) is 44.6 Å². The minimum Gasteiger partial charge on any atom is -0.481 e. The molecule has 0 bridgehead atoms. The number of aromatic nitrogens is 6. The number of aromatic amines is 1. The van der Waals surface area contributed by atoms with Gasteiger partial charge in [0.15, 0.2) is 5.82 Å². The van der Waals surface area contributed by atoms with Crippen LogP contribution >= 0.6 is 23.2 Å². The van der Waals surface area contributed by atoms with Crippen molar-refractivity contribution in [1.82, 2.24) is 29.5 Å². The highest BCUT2D eigenvalue weighted by Crippen LogP contribution is 2.37. The topological polar surface area (TPSA) is 110 Å². The summed E-state index contributed by atoms with van der Waals surface area (Å²) in [6, 6.07) is 3.24. The quantitative estimate of drug-likeness (QED) is 0.337. The molecule has 10 heteroatoms. The molecule has 5 aromatic rings. The van der Waals surface area contributed by atoms with Crippen LogP contribution in [0.5, 0.6) is 0 Å². The van der Waals surface area contributed by atoms with Gasteiger partial charge in [-0.25, -0.2) is 15.0 Å². The van der Waals surface area contributed by atoms with Crippen LogP contribution in [-0.2, 0) is 4.79 Å². The Bertz CT molecular complexity index is 1530. The van der Waals surface area contributed by atoms with Crippen LogP contribution in [0.15, 0.2) is 49.3 Å². The first kappa shape index (κ1) is 21.4. The zero-order chi connectivity index (χ0) is 23.3. The van der Waals surface area contributed by atoms with Crippen molar-refractivity contribution in [3.63, 3.8) is 0 Å². The van der Waals surface area contributed by atoms with E-state index in [2.05, 4.69) is 19.9 Å². The van der Waals surface area contributed by atoms with Crippen molar-refractivity contribution in [2.45, 2.75) is 19.9 Å². The summed E-state index contributed by atoms with van der Waals surface area (Å²) in [7, 11) is 0. The van der Waals surface area contributed by atoms with Gasteiger partial charge in [-0.15, -0.1) is 0 Å². The Hall–Kier alpha value is -3.49. The van der Waals surface area contributed by atoms with E-state index in [4.69, 9.17) is 28.2 Å². The maximum atomic E-state index is 11.7. The van der Waals surface area contributed by atoms with Crippen molar-refractivity contribution in [3.05, 3.63) is 59.4 Å². The molecule has 0 unspecified atom stereocenters. The molecule has 5 aromatic heterocycles. The number of fused-ring (bicyclic) bond motifs is 2. The molecular weight excluding hydrogens is 463 g/mol. The molecule has 2 atom stereocenters. The Morgan fingerprint density at radius 2 is 1.91 bits per heavy atom. The summed E-state index contributed by atoms with van der Waals surface area (Å²) in [6.07, 6.45) is 10.2. The van der Waals surface area contributed by atoms with Gasteiger partial charge in [0, 0.05) is 70.7 Å². The Kier molecular flexibility index (Phi) is 5.26. The Labute approximate surface area is 198 Å². The number of H-pyrrole nitrogens is 1. The van der Waals surface area contributed by atoms with Crippen molar-refractivity contribution >= 4 is 51.2 Å². The number of aliphatic carboxylic acids is 1. The van der Waals surface area contributed by atoms with Gasteiger partial charge in [0.25, 0.3) is 0 Å². The largest absolute Gasteiger partial charge is 0.481 e. The lowest BCUT2D eigenvalue weighted by molar-refractivity contribution is -0.142.